The van der Waals surface area contributed by atoms with Crippen molar-refractivity contribution >= 4 is 35.3 Å². The maximum atomic E-state index is 14.9. The van der Waals surface area contributed by atoms with Crippen LogP contribution in [0.5, 0.6) is 0 Å². The molecule has 1 aromatic rings. The van der Waals surface area contributed by atoms with Crippen molar-refractivity contribution in [3.8, 4) is 0 Å². The van der Waals surface area contributed by atoms with Crippen molar-refractivity contribution in [2.75, 3.05) is 13.1 Å². The fraction of sp³-hybridized carbons (Fsp3) is 0.700. The van der Waals surface area contributed by atoms with E-state index in [-0.39, 0.29) is 53.2 Å². The van der Waals surface area contributed by atoms with Crippen LogP contribution >= 0.6 is 0 Å². The van der Waals surface area contributed by atoms with E-state index in [4.69, 9.17) is 0 Å². The molecular formula is C40H57N7O6. The third-order valence-electron chi connectivity index (χ3n) is 13.0. The number of Topliss-reactive ketones (excluding diaryl/α,β-unsaturated/α-hetero) is 1. The second-order valence-electron chi connectivity index (χ2n) is 16.7. The van der Waals surface area contributed by atoms with Gasteiger partial charge in [-0.3, -0.25) is 33.8 Å². The molecular weight excluding hydrogens is 674 g/mol. The lowest BCUT2D eigenvalue weighted by molar-refractivity contribution is -0.146. The number of fused-ring (bicyclic) bond motifs is 1. The van der Waals surface area contributed by atoms with E-state index < -0.39 is 53.6 Å². The Morgan fingerprint density at radius 1 is 0.868 bits per heavy atom. The molecule has 288 valence electrons. The van der Waals surface area contributed by atoms with Gasteiger partial charge < -0.3 is 26.2 Å². The summed E-state index contributed by atoms with van der Waals surface area (Å²) in [6, 6.07) is -3.59. The fourth-order valence-electron chi connectivity index (χ4n) is 9.54. The Kier molecular flexibility index (Phi) is 12.3. The van der Waals surface area contributed by atoms with Crippen molar-refractivity contribution in [2.24, 2.45) is 35.0 Å². The van der Waals surface area contributed by atoms with Gasteiger partial charge in [-0.25, -0.2) is 4.98 Å². The molecule has 4 saturated carbocycles. The number of piperidine rings is 1. The van der Waals surface area contributed by atoms with Crippen LogP contribution in [0.4, 0.5) is 0 Å². The highest BCUT2D eigenvalue weighted by atomic mass is 16.2. The molecule has 6 atom stereocenters. The molecule has 53 heavy (non-hydrogen) atoms. The lowest BCUT2D eigenvalue weighted by atomic mass is 9.80. The molecule has 5 fully saturated rings. The molecule has 5 amide bonds. The minimum atomic E-state index is -1.00. The van der Waals surface area contributed by atoms with Gasteiger partial charge in [0.05, 0.1) is 12.2 Å². The zero-order valence-corrected chi connectivity index (χ0v) is 31.3. The number of rotatable bonds is 15. The van der Waals surface area contributed by atoms with E-state index in [1.807, 2.05) is 0 Å². The lowest BCUT2D eigenvalue weighted by Crippen LogP contribution is -2.62. The summed E-state index contributed by atoms with van der Waals surface area (Å²) < 4.78 is 0. The molecule has 5 aliphatic rings. The fourth-order valence-corrected chi connectivity index (χ4v) is 9.54. The Morgan fingerprint density at radius 2 is 1.53 bits per heavy atom. The summed E-state index contributed by atoms with van der Waals surface area (Å²) in [5.74, 6) is -3.12. The maximum Gasteiger partial charge on any atom is 0.289 e. The van der Waals surface area contributed by atoms with Crippen LogP contribution in [0.25, 0.3) is 0 Å². The van der Waals surface area contributed by atoms with Gasteiger partial charge in [0.15, 0.2) is 0 Å². The van der Waals surface area contributed by atoms with Gasteiger partial charge >= 0.3 is 0 Å². The maximum absolute atomic E-state index is 14.9. The largest absolute Gasteiger partial charge is 0.346 e. The average Bonchev–Trinajstić information content (AvgIpc) is 3.45. The molecule has 0 aromatic carbocycles. The number of carbonyl (C=O) groups excluding carboxylic acids is 6. The van der Waals surface area contributed by atoms with Crippen molar-refractivity contribution in [2.45, 2.75) is 128 Å². The number of hydrogen-bond donors (Lipinski definition) is 4. The van der Waals surface area contributed by atoms with Crippen molar-refractivity contribution in [1.82, 2.24) is 36.1 Å². The minimum absolute atomic E-state index is 0.0860. The molecule has 13 heteroatoms. The molecule has 4 aliphatic carbocycles. The summed E-state index contributed by atoms with van der Waals surface area (Å²) in [5.41, 5.74) is -0.0745. The Bertz CT molecular complexity index is 1530. The van der Waals surface area contributed by atoms with Crippen LogP contribution in [0, 0.1) is 35.0 Å². The predicted molar refractivity (Wildman–Crippen MR) is 197 cm³/mol. The Balaban J connectivity index is 1.24. The summed E-state index contributed by atoms with van der Waals surface area (Å²) >= 11 is 0. The molecule has 0 radical (unpaired) electrons. The van der Waals surface area contributed by atoms with Crippen molar-refractivity contribution < 1.29 is 28.8 Å². The van der Waals surface area contributed by atoms with Gasteiger partial charge in [-0.15, -0.1) is 6.58 Å². The van der Waals surface area contributed by atoms with Gasteiger partial charge in [-0.05, 0) is 67.1 Å². The van der Waals surface area contributed by atoms with Crippen LogP contribution < -0.4 is 21.3 Å². The molecule has 4 N–H and O–H groups in total. The van der Waals surface area contributed by atoms with E-state index >= 15 is 0 Å². The van der Waals surface area contributed by atoms with Gasteiger partial charge in [-0.1, -0.05) is 77.7 Å². The normalized spacial score (nSPS) is 25.8. The molecule has 1 aromatic heterocycles. The molecule has 1 unspecified atom stereocenters. The van der Waals surface area contributed by atoms with Gasteiger partial charge in [0, 0.05) is 25.5 Å². The lowest BCUT2D eigenvalue weighted by Gasteiger charge is -2.38. The van der Waals surface area contributed by atoms with Crippen LogP contribution in [0.3, 0.4) is 0 Å². The second kappa shape index (κ2) is 16.9. The van der Waals surface area contributed by atoms with Crippen LogP contribution in [-0.2, 0) is 24.0 Å². The first-order valence-electron chi connectivity index (χ1n) is 19.9. The highest BCUT2D eigenvalue weighted by molar-refractivity contribution is 6.38. The van der Waals surface area contributed by atoms with E-state index in [0.717, 1.165) is 83.5 Å². The molecule has 0 spiro atoms. The number of likely N-dealkylation sites (tertiary alicyclic amines) is 1. The van der Waals surface area contributed by atoms with Crippen LogP contribution in [0.2, 0.25) is 0 Å². The third-order valence-corrected chi connectivity index (χ3v) is 13.0. The van der Waals surface area contributed by atoms with Gasteiger partial charge in [0.1, 0.15) is 23.8 Å². The SMILES string of the molecule is C=CCNC(=O)C(=O)C(CC1CCC1)NC(=O)[C@@H]1[C@@H]2[C@H](CN1C(=O)[C@@H](NC(=O)[C@@H](NC(=O)c1cnccn1)C1CCCCC1)C1CCCCC1)C2(C)C. The van der Waals surface area contributed by atoms with E-state index in [0.29, 0.717) is 13.0 Å². The summed E-state index contributed by atoms with van der Waals surface area (Å²) in [6.07, 6.45) is 18.0. The number of nitrogens with one attached hydrogen (secondary N) is 4. The Labute approximate surface area is 312 Å². The van der Waals surface area contributed by atoms with Crippen molar-refractivity contribution in [3.05, 3.63) is 36.9 Å². The minimum Gasteiger partial charge on any atom is -0.346 e. The standard InChI is InChI=1S/C40H57N7O6/c1-4-18-43-38(52)34(48)28(21-24-12-11-13-24)44-37(51)33-30-27(40(30,2)3)23-47(33)39(53)32(26-16-9-6-10-17-26)46-36(50)31(25-14-7-5-8-15-25)45-35(49)29-22-41-19-20-42-29/h4,19-20,22,24-28,30-33H,1,5-18,21,23H2,2-3H3,(H,43,52)(H,44,51)(H,45,49)(H,46,50)/t27-,28?,30-,31-,32-,33-/m0/s1. The van der Waals surface area contributed by atoms with Gasteiger partial charge in [-0.2, -0.15) is 0 Å². The monoisotopic (exact) mass is 731 g/mol. The first kappa shape index (κ1) is 38.6. The van der Waals surface area contributed by atoms with Crippen molar-refractivity contribution in [3.63, 3.8) is 0 Å². The Hall–Kier alpha value is -4.16. The van der Waals surface area contributed by atoms with E-state index in [9.17, 15) is 28.8 Å². The highest BCUT2D eigenvalue weighted by Gasteiger charge is 2.70. The topological polar surface area (TPSA) is 180 Å². The predicted octanol–water partition coefficient (Wildman–Crippen LogP) is 3.25. The molecule has 6 rings (SSSR count). The number of aromatic nitrogens is 2. The third kappa shape index (κ3) is 8.64. The zero-order valence-electron chi connectivity index (χ0n) is 31.3. The van der Waals surface area contributed by atoms with E-state index in [1.54, 1.807) is 4.90 Å². The number of amides is 5. The highest BCUT2D eigenvalue weighted by Crippen LogP contribution is 2.65. The van der Waals surface area contributed by atoms with Gasteiger partial charge in [0.2, 0.25) is 23.5 Å². The average molecular weight is 732 g/mol. The number of hydrogen-bond acceptors (Lipinski definition) is 8. The first-order chi connectivity index (χ1) is 25.5. The Morgan fingerprint density at radius 3 is 2.11 bits per heavy atom. The second-order valence-corrected chi connectivity index (χ2v) is 16.7. The summed E-state index contributed by atoms with van der Waals surface area (Å²) in [7, 11) is 0. The number of carbonyl (C=O) groups is 6. The summed E-state index contributed by atoms with van der Waals surface area (Å²) in [5, 5.41) is 11.6. The van der Waals surface area contributed by atoms with Crippen LogP contribution in [-0.4, -0.2) is 87.4 Å². The molecule has 13 nitrogen and oxygen atoms in total. The zero-order chi connectivity index (χ0) is 37.7. The summed E-state index contributed by atoms with van der Waals surface area (Å²) in [4.78, 5) is 92.8. The van der Waals surface area contributed by atoms with Crippen LogP contribution in [0.1, 0.15) is 114 Å². The molecule has 1 aliphatic heterocycles. The van der Waals surface area contributed by atoms with Crippen LogP contribution in [0.15, 0.2) is 31.2 Å². The smallest absolute Gasteiger partial charge is 0.289 e. The molecule has 1 saturated heterocycles. The van der Waals surface area contributed by atoms with E-state index in [2.05, 4.69) is 51.7 Å². The van der Waals surface area contributed by atoms with E-state index in [1.165, 1.54) is 24.7 Å². The number of ketones is 1. The summed E-state index contributed by atoms with van der Waals surface area (Å²) in [6.45, 7) is 8.30. The molecule has 2 heterocycles. The first-order valence-corrected chi connectivity index (χ1v) is 19.9. The molecule has 0 bridgehead atoms. The van der Waals surface area contributed by atoms with Crippen molar-refractivity contribution in [1.29, 1.82) is 0 Å². The van der Waals surface area contributed by atoms with Gasteiger partial charge in [0.25, 0.3) is 11.8 Å². The number of nitrogens with zero attached hydrogens (tertiary/aromatic N) is 3. The quantitative estimate of drug-likeness (QED) is 0.157.